The zero-order chi connectivity index (χ0) is 19.1. The van der Waals surface area contributed by atoms with Crippen LogP contribution in [0.3, 0.4) is 0 Å². The summed E-state index contributed by atoms with van der Waals surface area (Å²) in [6.07, 6.45) is 1.65. The predicted octanol–water partition coefficient (Wildman–Crippen LogP) is 6.33. The van der Waals surface area contributed by atoms with E-state index in [0.717, 1.165) is 11.1 Å². The maximum absolute atomic E-state index is 11.7. The molecule has 134 valence electrons. The van der Waals surface area contributed by atoms with Gasteiger partial charge in [-0.05, 0) is 30.3 Å². The molecule has 4 aromatic rings. The zero-order valence-corrected chi connectivity index (χ0v) is 15.9. The lowest BCUT2D eigenvalue weighted by molar-refractivity contribution is 0.0698. The van der Waals surface area contributed by atoms with Crippen LogP contribution in [0.2, 0.25) is 15.1 Å². The van der Waals surface area contributed by atoms with Gasteiger partial charge in [-0.25, -0.2) is 9.78 Å². The standard InChI is InChI=1S/C20H11Cl3N2O2/c21-13-5-1-11(2-6-13)17-18(12-3-7-14(22)8-4-12)25-10-15(23)9-16(20(26)27)19(25)24-17/h1-10H,(H,26,27). The van der Waals surface area contributed by atoms with Crippen LogP contribution in [-0.2, 0) is 0 Å². The summed E-state index contributed by atoms with van der Waals surface area (Å²) in [4.78, 5) is 16.3. The van der Waals surface area contributed by atoms with Gasteiger partial charge in [-0.1, -0.05) is 59.1 Å². The average molecular weight is 418 g/mol. The van der Waals surface area contributed by atoms with Crippen LogP contribution in [0, 0.1) is 0 Å². The third-order valence-corrected chi connectivity index (χ3v) is 4.86. The van der Waals surface area contributed by atoms with Crippen LogP contribution in [0.1, 0.15) is 10.4 Å². The Morgan fingerprint density at radius 2 is 1.41 bits per heavy atom. The molecule has 0 aliphatic heterocycles. The van der Waals surface area contributed by atoms with Gasteiger partial charge in [0.05, 0.1) is 16.4 Å². The van der Waals surface area contributed by atoms with Crippen molar-refractivity contribution in [3.05, 3.63) is 81.4 Å². The van der Waals surface area contributed by atoms with E-state index in [1.54, 1.807) is 34.9 Å². The number of aromatic nitrogens is 2. The molecule has 27 heavy (non-hydrogen) atoms. The highest BCUT2D eigenvalue weighted by molar-refractivity contribution is 6.31. The number of fused-ring (bicyclic) bond motifs is 1. The fraction of sp³-hybridized carbons (Fsp3) is 0. The SMILES string of the molecule is O=C(O)c1cc(Cl)cn2c(-c3ccc(Cl)cc3)c(-c3ccc(Cl)cc3)nc12. The van der Waals surface area contributed by atoms with Crippen molar-refractivity contribution in [2.45, 2.75) is 0 Å². The van der Waals surface area contributed by atoms with Crippen LogP contribution in [0.15, 0.2) is 60.8 Å². The van der Waals surface area contributed by atoms with Crippen molar-refractivity contribution in [2.24, 2.45) is 0 Å². The monoisotopic (exact) mass is 416 g/mol. The molecular formula is C20H11Cl3N2O2. The largest absolute Gasteiger partial charge is 0.478 e. The highest BCUT2D eigenvalue weighted by atomic mass is 35.5. The van der Waals surface area contributed by atoms with Crippen molar-refractivity contribution < 1.29 is 9.90 Å². The molecule has 0 atom stereocenters. The smallest absolute Gasteiger partial charge is 0.339 e. The summed E-state index contributed by atoms with van der Waals surface area (Å²) in [6.45, 7) is 0. The average Bonchev–Trinajstić information content (AvgIpc) is 3.01. The number of imidazole rings is 1. The highest BCUT2D eigenvalue weighted by Crippen LogP contribution is 2.35. The second-order valence-corrected chi connectivity index (χ2v) is 7.20. The van der Waals surface area contributed by atoms with Gasteiger partial charge in [-0.15, -0.1) is 0 Å². The number of nitrogens with zero attached hydrogens (tertiary/aromatic N) is 2. The topological polar surface area (TPSA) is 54.6 Å². The van der Waals surface area contributed by atoms with E-state index in [9.17, 15) is 9.90 Å². The molecule has 2 aromatic heterocycles. The van der Waals surface area contributed by atoms with Crippen molar-refractivity contribution in [2.75, 3.05) is 0 Å². The van der Waals surface area contributed by atoms with Crippen molar-refractivity contribution >= 4 is 46.4 Å². The van der Waals surface area contributed by atoms with E-state index in [1.807, 2.05) is 24.3 Å². The molecule has 0 aliphatic carbocycles. The molecule has 4 rings (SSSR count). The molecule has 0 saturated heterocycles. The fourth-order valence-electron chi connectivity index (χ4n) is 2.96. The molecule has 2 heterocycles. The lowest BCUT2D eigenvalue weighted by Gasteiger charge is -2.07. The van der Waals surface area contributed by atoms with Crippen LogP contribution >= 0.6 is 34.8 Å². The molecule has 0 amide bonds. The third kappa shape index (κ3) is 3.28. The molecule has 4 nitrogen and oxygen atoms in total. The number of hydrogen-bond acceptors (Lipinski definition) is 2. The Kier molecular flexibility index (Phi) is 4.56. The van der Waals surface area contributed by atoms with Gasteiger partial charge >= 0.3 is 5.97 Å². The maximum atomic E-state index is 11.7. The van der Waals surface area contributed by atoms with Crippen LogP contribution in [-0.4, -0.2) is 20.5 Å². The minimum atomic E-state index is -1.10. The Morgan fingerprint density at radius 3 is 1.96 bits per heavy atom. The first-order chi connectivity index (χ1) is 12.9. The normalized spacial score (nSPS) is 11.1. The molecule has 0 saturated carbocycles. The van der Waals surface area contributed by atoms with E-state index >= 15 is 0 Å². The van der Waals surface area contributed by atoms with E-state index < -0.39 is 5.97 Å². The number of benzene rings is 2. The number of pyridine rings is 1. The lowest BCUT2D eigenvalue weighted by Crippen LogP contribution is -2.01. The van der Waals surface area contributed by atoms with Crippen molar-refractivity contribution in [1.29, 1.82) is 0 Å². The van der Waals surface area contributed by atoms with E-state index in [4.69, 9.17) is 34.8 Å². The quantitative estimate of drug-likeness (QED) is 0.424. The Hall–Kier alpha value is -2.53. The Labute approximate surface area is 169 Å². The van der Waals surface area contributed by atoms with Gasteiger partial charge in [0, 0.05) is 27.4 Å². The molecule has 0 bridgehead atoms. The van der Waals surface area contributed by atoms with Gasteiger partial charge < -0.3 is 5.11 Å². The molecule has 0 spiro atoms. The molecule has 0 radical (unpaired) electrons. The minimum Gasteiger partial charge on any atom is -0.478 e. The highest BCUT2D eigenvalue weighted by Gasteiger charge is 2.21. The molecule has 1 N–H and O–H groups in total. The van der Waals surface area contributed by atoms with E-state index in [2.05, 4.69) is 4.98 Å². The second kappa shape index (κ2) is 6.89. The number of hydrogen-bond donors (Lipinski definition) is 1. The number of carboxylic acid groups (broad SMARTS) is 1. The summed E-state index contributed by atoms with van der Waals surface area (Å²) in [5, 5.41) is 11.1. The lowest BCUT2D eigenvalue weighted by atomic mass is 10.0. The number of aromatic carboxylic acids is 1. The third-order valence-electron chi connectivity index (χ3n) is 4.15. The van der Waals surface area contributed by atoms with Gasteiger partial charge in [0.2, 0.25) is 0 Å². The summed E-state index contributed by atoms with van der Waals surface area (Å²) in [7, 11) is 0. The number of carboxylic acids is 1. The number of carbonyl (C=O) groups is 1. The van der Waals surface area contributed by atoms with Crippen molar-refractivity contribution in [3.8, 4) is 22.5 Å². The van der Waals surface area contributed by atoms with Crippen molar-refractivity contribution in [1.82, 2.24) is 9.38 Å². The molecule has 2 aromatic carbocycles. The summed E-state index contributed by atoms with van der Waals surface area (Å²) in [5.41, 5.74) is 3.31. The van der Waals surface area contributed by atoms with Crippen LogP contribution < -0.4 is 0 Å². The number of rotatable bonds is 3. The Balaban J connectivity index is 2.10. The van der Waals surface area contributed by atoms with Gasteiger partial charge in [0.25, 0.3) is 0 Å². The first-order valence-electron chi connectivity index (χ1n) is 7.91. The van der Waals surface area contributed by atoms with Crippen LogP contribution in [0.5, 0.6) is 0 Å². The molecule has 0 unspecified atom stereocenters. The molecule has 0 aliphatic rings. The first kappa shape index (κ1) is 17.9. The van der Waals surface area contributed by atoms with Gasteiger partial charge in [0.1, 0.15) is 5.56 Å². The Morgan fingerprint density at radius 1 is 0.852 bits per heavy atom. The predicted molar refractivity (Wildman–Crippen MR) is 108 cm³/mol. The van der Waals surface area contributed by atoms with Gasteiger partial charge in [-0.2, -0.15) is 0 Å². The number of halogens is 3. The summed E-state index contributed by atoms with van der Waals surface area (Å²) < 4.78 is 1.69. The van der Waals surface area contributed by atoms with E-state index in [1.165, 1.54) is 6.07 Å². The fourth-order valence-corrected chi connectivity index (χ4v) is 3.42. The molecule has 0 fully saturated rings. The van der Waals surface area contributed by atoms with Gasteiger partial charge in [-0.3, -0.25) is 4.40 Å². The minimum absolute atomic E-state index is 0.0259. The second-order valence-electron chi connectivity index (χ2n) is 5.89. The Bertz CT molecular complexity index is 1170. The summed E-state index contributed by atoms with van der Waals surface area (Å²) in [5.74, 6) is -1.10. The van der Waals surface area contributed by atoms with E-state index in [-0.39, 0.29) is 5.56 Å². The van der Waals surface area contributed by atoms with Gasteiger partial charge in [0.15, 0.2) is 5.65 Å². The zero-order valence-electron chi connectivity index (χ0n) is 13.7. The maximum Gasteiger partial charge on any atom is 0.339 e. The summed E-state index contributed by atoms with van der Waals surface area (Å²) in [6, 6.07) is 15.8. The molecular weight excluding hydrogens is 407 g/mol. The van der Waals surface area contributed by atoms with Crippen LogP contribution in [0.4, 0.5) is 0 Å². The van der Waals surface area contributed by atoms with E-state index in [0.29, 0.717) is 32.1 Å². The first-order valence-corrected chi connectivity index (χ1v) is 9.04. The molecule has 7 heteroatoms. The summed E-state index contributed by atoms with van der Waals surface area (Å²) >= 11 is 18.2. The van der Waals surface area contributed by atoms with Crippen molar-refractivity contribution in [3.63, 3.8) is 0 Å². The van der Waals surface area contributed by atoms with Crippen LogP contribution in [0.25, 0.3) is 28.2 Å².